The Hall–Kier alpha value is -2.37. The third-order valence-corrected chi connectivity index (χ3v) is 13.6. The van der Waals surface area contributed by atoms with E-state index in [2.05, 4.69) is 59.6 Å². The molecule has 1 atom stereocenters. The van der Waals surface area contributed by atoms with Gasteiger partial charge in [0.2, 0.25) is 0 Å². The van der Waals surface area contributed by atoms with Gasteiger partial charge in [-0.1, -0.05) is 41.5 Å². The maximum atomic E-state index is 13.7. The minimum absolute atomic E-state index is 0.0187. The lowest BCUT2D eigenvalue weighted by atomic mass is 9.83. The summed E-state index contributed by atoms with van der Waals surface area (Å²) in [4.78, 5) is 18.0. The van der Waals surface area contributed by atoms with Gasteiger partial charge in [-0.3, -0.25) is 14.2 Å². The van der Waals surface area contributed by atoms with Crippen molar-refractivity contribution in [3.8, 4) is 5.75 Å². The zero-order chi connectivity index (χ0) is 32.0. The van der Waals surface area contributed by atoms with Crippen LogP contribution in [0.25, 0.3) is 0 Å². The van der Waals surface area contributed by atoms with Gasteiger partial charge in [-0.05, 0) is 67.9 Å². The van der Waals surface area contributed by atoms with Crippen LogP contribution in [0.1, 0.15) is 88.8 Å². The molecule has 1 saturated carbocycles. The van der Waals surface area contributed by atoms with Gasteiger partial charge in [0.25, 0.3) is 5.91 Å². The van der Waals surface area contributed by atoms with Crippen LogP contribution in [0.4, 0.5) is 13.2 Å². The number of ether oxygens (including phenoxy) is 2. The molecule has 0 unspecified atom stereocenters. The number of carbonyl (C=O) groups excluding carboxylic acids is 1. The summed E-state index contributed by atoms with van der Waals surface area (Å²) >= 11 is 0. The molecule has 4 rings (SSSR count). The van der Waals surface area contributed by atoms with Crippen molar-refractivity contribution in [1.82, 2.24) is 9.36 Å². The Morgan fingerprint density at radius 3 is 2.33 bits per heavy atom. The van der Waals surface area contributed by atoms with Crippen LogP contribution in [0, 0.1) is 5.92 Å². The summed E-state index contributed by atoms with van der Waals surface area (Å²) in [5.41, 5.74) is -0.0463. The van der Waals surface area contributed by atoms with E-state index >= 15 is 0 Å². The van der Waals surface area contributed by atoms with Gasteiger partial charge in [-0.15, -0.1) is 0 Å². The number of hydrogen-bond donors (Lipinski definition) is 0. The van der Waals surface area contributed by atoms with Crippen molar-refractivity contribution in [2.24, 2.45) is 18.0 Å². The van der Waals surface area contributed by atoms with Gasteiger partial charge in [-0.2, -0.15) is 18.2 Å². The molecule has 0 N–H and O–H groups in total. The predicted molar refractivity (Wildman–Crippen MR) is 163 cm³/mol. The average molecular weight is 624 g/mol. The molecular formula is C32H48F3N3O4Si. The number of nitrogens with zero attached hydrogens (tertiary/aromatic N) is 3. The molecule has 43 heavy (non-hydrogen) atoms. The number of aromatic nitrogens is 2. The lowest BCUT2D eigenvalue weighted by molar-refractivity contribution is -0.137. The molecule has 1 saturated heterocycles. The van der Waals surface area contributed by atoms with E-state index in [1.54, 1.807) is 0 Å². The molecule has 0 spiro atoms. The van der Waals surface area contributed by atoms with Gasteiger partial charge < -0.3 is 13.9 Å². The number of rotatable bonds is 8. The third-order valence-electron chi connectivity index (χ3n) is 9.10. The van der Waals surface area contributed by atoms with Crippen LogP contribution in [-0.4, -0.2) is 49.0 Å². The summed E-state index contributed by atoms with van der Waals surface area (Å²) in [6.45, 7) is 18.7. The number of amides is 1. The second-order valence-electron chi connectivity index (χ2n) is 14.7. The number of hydrogen-bond acceptors (Lipinski definition) is 4. The number of halogens is 3. The molecule has 2 aliphatic rings. The minimum atomic E-state index is -4.61. The Morgan fingerprint density at radius 2 is 1.77 bits per heavy atom. The van der Waals surface area contributed by atoms with Gasteiger partial charge >= 0.3 is 6.18 Å². The standard InChI is InChI=1S/C32H48F3N3O4Si/c1-30(2,3)27-18-28(38(37(27)7)19-23-11-10-14-40-23)36-29(39)25-17-22(32(33,34)35)12-13-26(25)41-20-21-15-24(16-21)42-43(8,9)31(4,5)6/h12-13,17-18,21,23-24H,10-11,14-16,19-20H2,1-9H3/t21?,23-,24?/m1/s1. The summed E-state index contributed by atoms with van der Waals surface area (Å²) < 4.78 is 63.2. The van der Waals surface area contributed by atoms with Crippen molar-refractivity contribution in [3.63, 3.8) is 0 Å². The molecule has 1 aliphatic heterocycles. The molecule has 1 aliphatic carbocycles. The normalized spacial score (nSPS) is 22.1. The quantitative estimate of drug-likeness (QED) is 0.291. The Bertz CT molecular complexity index is 1370. The van der Waals surface area contributed by atoms with E-state index in [1.165, 1.54) is 6.07 Å². The SMILES string of the molecule is Cn1c(C(C)(C)C)cc(=NC(=O)c2cc(C(F)(F)F)ccc2OCC2CC(O[Si](C)(C)C(C)(C)C)C2)n1C[C@H]1CCCO1. The van der Waals surface area contributed by atoms with E-state index in [0.29, 0.717) is 25.2 Å². The second kappa shape index (κ2) is 12.2. The molecule has 7 nitrogen and oxygen atoms in total. The molecule has 1 aromatic carbocycles. The monoisotopic (exact) mass is 623 g/mol. The van der Waals surface area contributed by atoms with Gasteiger partial charge in [-0.25, -0.2) is 0 Å². The average Bonchev–Trinajstić information content (AvgIpc) is 3.47. The van der Waals surface area contributed by atoms with Crippen LogP contribution < -0.4 is 10.2 Å². The Morgan fingerprint density at radius 1 is 1.09 bits per heavy atom. The predicted octanol–water partition coefficient (Wildman–Crippen LogP) is 7.24. The van der Waals surface area contributed by atoms with Crippen molar-refractivity contribution in [2.45, 2.75) is 116 Å². The van der Waals surface area contributed by atoms with E-state index in [0.717, 1.165) is 43.5 Å². The van der Waals surface area contributed by atoms with Crippen LogP contribution in [0.2, 0.25) is 18.1 Å². The molecule has 11 heteroatoms. The largest absolute Gasteiger partial charge is 0.492 e. The first kappa shape index (κ1) is 33.5. The summed E-state index contributed by atoms with van der Waals surface area (Å²) in [6, 6.07) is 4.87. The van der Waals surface area contributed by atoms with Gasteiger partial charge in [0.05, 0.1) is 30.4 Å². The fourth-order valence-corrected chi connectivity index (χ4v) is 6.81. The molecule has 2 heterocycles. The Labute approximate surface area is 254 Å². The van der Waals surface area contributed by atoms with E-state index in [-0.39, 0.29) is 39.9 Å². The highest BCUT2D eigenvalue weighted by atomic mass is 28.4. The number of alkyl halides is 3. The first-order chi connectivity index (χ1) is 19.8. The van der Waals surface area contributed by atoms with Crippen molar-refractivity contribution in [2.75, 3.05) is 13.2 Å². The summed E-state index contributed by atoms with van der Waals surface area (Å²) in [5.74, 6) is -0.469. The maximum absolute atomic E-state index is 13.7. The van der Waals surface area contributed by atoms with E-state index in [1.807, 2.05) is 22.5 Å². The Balaban J connectivity index is 1.59. The minimum Gasteiger partial charge on any atom is -0.492 e. The van der Waals surface area contributed by atoms with Crippen molar-refractivity contribution >= 4 is 14.2 Å². The highest BCUT2D eigenvalue weighted by molar-refractivity contribution is 6.74. The van der Waals surface area contributed by atoms with Crippen LogP contribution in [0.3, 0.4) is 0 Å². The van der Waals surface area contributed by atoms with Crippen molar-refractivity contribution in [3.05, 3.63) is 46.6 Å². The number of benzene rings is 1. The highest BCUT2D eigenvalue weighted by Crippen LogP contribution is 2.42. The second-order valence-corrected chi connectivity index (χ2v) is 19.4. The third kappa shape index (κ3) is 7.83. The van der Waals surface area contributed by atoms with Crippen LogP contribution >= 0.6 is 0 Å². The lowest BCUT2D eigenvalue weighted by Crippen LogP contribution is -2.48. The Kier molecular flexibility index (Phi) is 9.51. The van der Waals surface area contributed by atoms with Gasteiger partial charge in [0, 0.05) is 36.9 Å². The van der Waals surface area contributed by atoms with E-state index in [9.17, 15) is 18.0 Å². The molecule has 240 valence electrons. The highest BCUT2D eigenvalue weighted by Gasteiger charge is 2.42. The van der Waals surface area contributed by atoms with Gasteiger partial charge in [0.15, 0.2) is 13.8 Å². The van der Waals surface area contributed by atoms with E-state index < -0.39 is 26.0 Å². The first-order valence-electron chi connectivity index (χ1n) is 15.3. The molecule has 0 radical (unpaired) electrons. The smallest absolute Gasteiger partial charge is 0.416 e. The maximum Gasteiger partial charge on any atom is 0.416 e. The molecular weight excluding hydrogens is 575 g/mol. The molecule has 1 aromatic heterocycles. The first-order valence-corrected chi connectivity index (χ1v) is 18.2. The zero-order valence-electron chi connectivity index (χ0n) is 27.1. The van der Waals surface area contributed by atoms with Crippen LogP contribution in [0.5, 0.6) is 5.75 Å². The lowest BCUT2D eigenvalue weighted by Gasteiger charge is -2.44. The van der Waals surface area contributed by atoms with Crippen molar-refractivity contribution < 1.29 is 31.9 Å². The van der Waals surface area contributed by atoms with E-state index in [4.69, 9.17) is 13.9 Å². The topological polar surface area (TPSA) is 67.0 Å². The summed E-state index contributed by atoms with van der Waals surface area (Å²) in [7, 11) is 0.0148. The zero-order valence-corrected chi connectivity index (χ0v) is 28.1. The molecule has 2 aromatic rings. The van der Waals surface area contributed by atoms with Crippen LogP contribution in [-0.2, 0) is 34.3 Å². The molecule has 2 fully saturated rings. The number of carbonyl (C=O) groups is 1. The summed E-state index contributed by atoms with van der Waals surface area (Å²) in [6.07, 6.45) is -0.968. The van der Waals surface area contributed by atoms with Crippen molar-refractivity contribution in [1.29, 1.82) is 0 Å². The van der Waals surface area contributed by atoms with Crippen LogP contribution in [0.15, 0.2) is 29.3 Å². The van der Waals surface area contributed by atoms with Gasteiger partial charge in [0.1, 0.15) is 5.75 Å². The fourth-order valence-electron chi connectivity index (χ4n) is 5.43. The fraction of sp³-hybridized carbons (Fsp3) is 0.688. The molecule has 0 bridgehead atoms. The molecule has 1 amide bonds. The summed E-state index contributed by atoms with van der Waals surface area (Å²) in [5, 5.41) is 0.113.